The molecule has 0 unspecified atom stereocenters. The van der Waals surface area contributed by atoms with Crippen LogP contribution in [0.5, 0.6) is 0 Å². The molecule has 2 aromatic rings. The van der Waals surface area contributed by atoms with Gasteiger partial charge >= 0.3 is 0 Å². The number of anilines is 2. The Morgan fingerprint density at radius 3 is 2.28 bits per heavy atom. The van der Waals surface area contributed by atoms with Crippen molar-refractivity contribution in [2.24, 2.45) is 0 Å². The first-order chi connectivity index (χ1) is 15.2. The number of hydrogen-bond acceptors (Lipinski definition) is 5. The van der Waals surface area contributed by atoms with Crippen LogP contribution in [0.25, 0.3) is 0 Å². The number of carbonyl (C=O) groups excluding carboxylic acids is 3. The number of hydrogen-bond donors (Lipinski definition) is 3. The van der Waals surface area contributed by atoms with E-state index in [2.05, 4.69) is 16.0 Å². The number of nitrogens with one attached hydrogen (secondary N) is 3. The molecular weight excluding hydrogens is 408 g/mol. The summed E-state index contributed by atoms with van der Waals surface area (Å²) in [7, 11) is 0. The molecule has 0 bridgehead atoms. The number of nitrogens with zero attached hydrogens (tertiary/aromatic N) is 1. The van der Waals surface area contributed by atoms with Crippen molar-refractivity contribution < 1.29 is 19.1 Å². The molecular formula is C24H30N4O4. The summed E-state index contributed by atoms with van der Waals surface area (Å²) in [4.78, 5) is 38.9. The summed E-state index contributed by atoms with van der Waals surface area (Å²) in [6.07, 6.45) is 0. The normalized spacial score (nSPS) is 13.9. The third-order valence-corrected chi connectivity index (χ3v) is 4.78. The van der Waals surface area contributed by atoms with Crippen molar-refractivity contribution in [3.63, 3.8) is 0 Å². The van der Waals surface area contributed by atoms with Crippen LogP contribution in [0.3, 0.4) is 0 Å². The van der Waals surface area contributed by atoms with Gasteiger partial charge < -0.3 is 25.6 Å². The quantitative estimate of drug-likeness (QED) is 0.644. The average Bonchev–Trinajstić information content (AvgIpc) is 2.77. The second kappa shape index (κ2) is 10.3. The molecule has 3 amide bonds. The highest BCUT2D eigenvalue weighted by molar-refractivity contribution is 5.98. The summed E-state index contributed by atoms with van der Waals surface area (Å²) in [6, 6.07) is 13.8. The molecule has 32 heavy (non-hydrogen) atoms. The Morgan fingerprint density at radius 2 is 1.62 bits per heavy atom. The maximum absolute atomic E-state index is 12.6. The molecule has 1 heterocycles. The standard InChI is InChI=1S/C24H30N4O4/c1-24(2,3)27-22(30)17-7-9-19(10-8-17)25-16-21(29)26-20-6-4-5-18(15-20)23(31)28-11-13-32-14-12-28/h4-10,15,25H,11-14,16H2,1-3H3,(H,26,29)(H,27,30). The third kappa shape index (κ3) is 6.81. The molecule has 0 saturated carbocycles. The Hall–Kier alpha value is -3.39. The van der Waals surface area contributed by atoms with E-state index in [1.54, 1.807) is 53.4 Å². The van der Waals surface area contributed by atoms with Crippen LogP contribution in [0.1, 0.15) is 41.5 Å². The molecule has 8 nitrogen and oxygen atoms in total. The van der Waals surface area contributed by atoms with Crippen LogP contribution in [-0.2, 0) is 9.53 Å². The van der Waals surface area contributed by atoms with Crippen LogP contribution in [0.15, 0.2) is 48.5 Å². The predicted octanol–water partition coefficient (Wildman–Crippen LogP) is 2.74. The van der Waals surface area contributed by atoms with Crippen molar-refractivity contribution in [2.75, 3.05) is 43.5 Å². The Morgan fingerprint density at radius 1 is 0.938 bits per heavy atom. The third-order valence-electron chi connectivity index (χ3n) is 4.78. The predicted molar refractivity (Wildman–Crippen MR) is 124 cm³/mol. The second-order valence-electron chi connectivity index (χ2n) is 8.67. The molecule has 170 valence electrons. The number of morpholine rings is 1. The maximum Gasteiger partial charge on any atom is 0.254 e. The zero-order valence-corrected chi connectivity index (χ0v) is 18.7. The second-order valence-corrected chi connectivity index (χ2v) is 8.67. The molecule has 1 aliphatic rings. The molecule has 0 spiro atoms. The Bertz CT molecular complexity index is 961. The van der Waals surface area contributed by atoms with Gasteiger partial charge in [0.15, 0.2) is 0 Å². The molecule has 3 rings (SSSR count). The van der Waals surface area contributed by atoms with Crippen molar-refractivity contribution in [1.82, 2.24) is 10.2 Å². The van der Waals surface area contributed by atoms with Crippen molar-refractivity contribution in [2.45, 2.75) is 26.3 Å². The minimum absolute atomic E-state index is 0.0508. The van der Waals surface area contributed by atoms with E-state index in [1.165, 1.54) is 0 Å². The van der Waals surface area contributed by atoms with Crippen molar-refractivity contribution in [3.05, 3.63) is 59.7 Å². The molecule has 1 aliphatic heterocycles. The molecule has 0 aliphatic carbocycles. The highest BCUT2D eigenvalue weighted by Crippen LogP contribution is 2.15. The molecule has 1 saturated heterocycles. The van der Waals surface area contributed by atoms with Crippen molar-refractivity contribution in [1.29, 1.82) is 0 Å². The average molecular weight is 439 g/mol. The molecule has 1 fully saturated rings. The van der Waals surface area contributed by atoms with E-state index in [1.807, 2.05) is 20.8 Å². The molecule has 8 heteroatoms. The van der Waals surface area contributed by atoms with Gasteiger partial charge in [0, 0.05) is 41.1 Å². The summed E-state index contributed by atoms with van der Waals surface area (Å²) in [6.45, 7) is 8.03. The lowest BCUT2D eigenvalue weighted by molar-refractivity contribution is -0.114. The van der Waals surface area contributed by atoms with Crippen molar-refractivity contribution >= 4 is 29.1 Å². The molecule has 0 radical (unpaired) electrons. The lowest BCUT2D eigenvalue weighted by atomic mass is 10.1. The Kier molecular flexibility index (Phi) is 7.48. The van der Waals surface area contributed by atoms with E-state index in [0.29, 0.717) is 43.1 Å². The first kappa shape index (κ1) is 23.3. The zero-order chi connectivity index (χ0) is 23.1. The first-order valence-electron chi connectivity index (χ1n) is 10.6. The van der Waals surface area contributed by atoms with E-state index in [9.17, 15) is 14.4 Å². The largest absolute Gasteiger partial charge is 0.378 e. The summed E-state index contributed by atoms with van der Waals surface area (Å²) >= 11 is 0. The monoisotopic (exact) mass is 438 g/mol. The summed E-state index contributed by atoms with van der Waals surface area (Å²) in [5.74, 6) is -0.457. The van der Waals surface area contributed by atoms with Crippen LogP contribution in [0.4, 0.5) is 11.4 Å². The zero-order valence-electron chi connectivity index (χ0n) is 18.7. The van der Waals surface area contributed by atoms with Gasteiger partial charge in [0.1, 0.15) is 0 Å². The summed E-state index contributed by atoms with van der Waals surface area (Å²) < 4.78 is 5.29. The minimum atomic E-state index is -0.309. The van der Waals surface area contributed by atoms with Gasteiger partial charge in [-0.1, -0.05) is 6.07 Å². The van der Waals surface area contributed by atoms with Crippen LogP contribution in [0.2, 0.25) is 0 Å². The fraction of sp³-hybridized carbons (Fsp3) is 0.375. The Balaban J connectivity index is 1.51. The number of benzene rings is 2. The highest BCUT2D eigenvalue weighted by atomic mass is 16.5. The van der Waals surface area contributed by atoms with Crippen LogP contribution in [0, 0.1) is 0 Å². The number of amides is 3. The number of carbonyl (C=O) groups is 3. The molecule has 0 aromatic heterocycles. The van der Waals surface area contributed by atoms with Gasteiger partial charge in [-0.2, -0.15) is 0 Å². The molecule has 2 aromatic carbocycles. The fourth-order valence-corrected chi connectivity index (χ4v) is 3.22. The summed E-state index contributed by atoms with van der Waals surface area (Å²) in [5.41, 5.74) is 2.06. The van der Waals surface area contributed by atoms with Crippen molar-refractivity contribution in [3.8, 4) is 0 Å². The van der Waals surface area contributed by atoms with Crippen LogP contribution < -0.4 is 16.0 Å². The van der Waals surface area contributed by atoms with E-state index < -0.39 is 0 Å². The lowest BCUT2D eigenvalue weighted by Crippen LogP contribution is -2.40. The van der Waals surface area contributed by atoms with Gasteiger partial charge in [0.05, 0.1) is 19.8 Å². The molecule has 3 N–H and O–H groups in total. The van der Waals surface area contributed by atoms with Crippen LogP contribution >= 0.6 is 0 Å². The topological polar surface area (TPSA) is 99.8 Å². The fourth-order valence-electron chi connectivity index (χ4n) is 3.22. The van der Waals surface area contributed by atoms with E-state index in [0.717, 1.165) is 5.69 Å². The number of ether oxygens (including phenoxy) is 1. The van der Waals surface area contributed by atoms with E-state index in [4.69, 9.17) is 4.74 Å². The van der Waals surface area contributed by atoms with Gasteiger partial charge in [-0.15, -0.1) is 0 Å². The number of rotatable bonds is 6. The highest BCUT2D eigenvalue weighted by Gasteiger charge is 2.19. The Labute approximate surface area is 188 Å². The SMILES string of the molecule is CC(C)(C)NC(=O)c1ccc(NCC(=O)Nc2cccc(C(=O)N3CCOCC3)c2)cc1. The van der Waals surface area contributed by atoms with Crippen LogP contribution in [-0.4, -0.2) is 61.0 Å². The maximum atomic E-state index is 12.6. The van der Waals surface area contributed by atoms with Gasteiger partial charge in [0.2, 0.25) is 5.91 Å². The van der Waals surface area contributed by atoms with Gasteiger partial charge in [-0.3, -0.25) is 14.4 Å². The van der Waals surface area contributed by atoms with Gasteiger partial charge in [-0.25, -0.2) is 0 Å². The molecule has 0 atom stereocenters. The minimum Gasteiger partial charge on any atom is -0.378 e. The van der Waals surface area contributed by atoms with Gasteiger partial charge in [0.25, 0.3) is 11.8 Å². The van der Waals surface area contributed by atoms with E-state index in [-0.39, 0.29) is 29.8 Å². The first-order valence-corrected chi connectivity index (χ1v) is 10.6. The summed E-state index contributed by atoms with van der Waals surface area (Å²) in [5, 5.41) is 8.75. The van der Waals surface area contributed by atoms with Gasteiger partial charge in [-0.05, 0) is 63.2 Å². The lowest BCUT2D eigenvalue weighted by Gasteiger charge is -2.27. The van der Waals surface area contributed by atoms with E-state index >= 15 is 0 Å². The smallest absolute Gasteiger partial charge is 0.254 e.